The van der Waals surface area contributed by atoms with Crippen LogP contribution in [0.2, 0.25) is 0 Å². The number of aryl methyl sites for hydroxylation is 2. The predicted octanol–water partition coefficient (Wildman–Crippen LogP) is -4.03. The van der Waals surface area contributed by atoms with Gasteiger partial charge in [0, 0.05) is 65.5 Å². The van der Waals surface area contributed by atoms with E-state index in [-0.39, 0.29) is 135 Å². The minimum absolute atomic E-state index is 0.0246. The van der Waals surface area contributed by atoms with E-state index in [1.54, 1.807) is 18.4 Å². The Balaban J connectivity index is 0.693. The van der Waals surface area contributed by atoms with E-state index < -0.39 is 242 Å². The van der Waals surface area contributed by atoms with Gasteiger partial charge in [-0.2, -0.15) is 15.0 Å². The van der Waals surface area contributed by atoms with Crippen LogP contribution in [0.1, 0.15) is 68.3 Å². The molecule has 148 heavy (non-hydrogen) atoms. The van der Waals surface area contributed by atoms with Gasteiger partial charge in [0.1, 0.15) is 154 Å². The van der Waals surface area contributed by atoms with Crippen LogP contribution >= 0.6 is 33.7 Å². The highest BCUT2D eigenvalue weighted by atomic mass is 32.7. The van der Waals surface area contributed by atoms with E-state index in [4.69, 9.17) is 209 Å². The number of nitrogens with two attached hydrogens (primary N) is 5. The first-order chi connectivity index (χ1) is 70.6. The molecule has 16 rings (SSSR count). The zero-order chi connectivity index (χ0) is 106. The molecular weight excluding hydrogens is 2170 g/mol. The van der Waals surface area contributed by atoms with Gasteiger partial charge in [-0.3, -0.25) is 61.3 Å². The summed E-state index contributed by atoms with van der Waals surface area (Å²) in [6.45, 7) is -27.7. The number of hydrogen-bond donors (Lipinski definition) is 9. The number of ether oxygens (including phenoxy) is 16. The smallest absolute Gasteiger partial charge is 0.351 e. The number of rotatable bonds is 52. The van der Waals surface area contributed by atoms with Gasteiger partial charge in [0.25, 0.3) is 16.7 Å². The van der Waals surface area contributed by atoms with Crippen molar-refractivity contribution in [2.24, 2.45) is 0 Å². The first-order valence-electron chi connectivity index (χ1n) is 45.0. The summed E-state index contributed by atoms with van der Waals surface area (Å²) in [6, 6.07) is 0. The average molecular weight is 2270 g/mol. The topological polar surface area (TPSA) is 804 Å². The molecule has 0 aromatic carbocycles. The first kappa shape index (κ1) is 113. The van der Waals surface area contributed by atoms with E-state index in [0.29, 0.717) is 23.1 Å². The summed E-state index contributed by atoms with van der Waals surface area (Å²) in [6.07, 6.45) is -25.6. The van der Waals surface area contributed by atoms with E-state index in [1.165, 1.54) is 81.4 Å². The van der Waals surface area contributed by atoms with Gasteiger partial charge in [-0.05, 0) is 20.3 Å². The number of nitrogens with zero attached hydrogens (tertiary/aromatic N) is 17. The maximum Gasteiger partial charge on any atom is 0.351 e. The molecule has 14 N–H and O–H groups in total. The maximum atomic E-state index is 15.8. The van der Waals surface area contributed by atoms with Crippen LogP contribution < -0.4 is 76.3 Å². The minimum atomic E-state index is -5.37. The molecule has 0 saturated carbocycles. The van der Waals surface area contributed by atoms with Gasteiger partial charge in [-0.15, -0.1) is 0 Å². The largest absolute Gasteiger partial charge is 0.780 e. The van der Waals surface area contributed by atoms with Crippen molar-refractivity contribution in [2.45, 2.75) is 175 Å². The number of nitrogens with one attached hydrogen (secondary N) is 3. The van der Waals surface area contributed by atoms with Gasteiger partial charge < -0.3 is 187 Å². The second-order valence-corrected chi connectivity index (χ2v) is 47.1. The number of aliphatic hydroxyl groups excluding tert-OH is 1. The standard InChI is InChI=1S/C76H108N25O37P5S5/c1-9-36-37(20-43(128-36)98-30-86-44-59(78)82-28-84-61(44)98)134-139(108,144)124-24-40-50(55(120-17-12-115-6)70(131-40)99-31-87-45-60(79)83-29-85-62(45)99)137-143(112,148)127-27-42-52(57(122-19-14-117-8)72(133-42)101-33-89-47-64(101)92-74(81)94-67(47)105)138-142(111,147)125-25-39-49(54(119-16-11-114-5)69(130-39)97-22-35(3)65(103)95-76(97)107)135-141(110,146)126-26-41-51(56(121-18-13-116-7)71(132-41)100-32-88-46-63(100)91-73(80)93-66(46)104)136-140(109,145)123-23-38-48(102)53(118-15-10-113-4)68(129-38)96-21-34(2)58(77)90-75(96)106/h21-22,28-33,36-43,48-57,68-72,102H,9-20,23-27H2,1-8H3,(H,108,144)(H,109,145)(H,110,146)(H,111,147)(H,112,148)(H2,77,90,106)(H2,78,82,84)(H2,79,83,85)(H,95,103,107)(H3,80,91,93,104)(H3,81,92,94,105)/p-5/t36-,37?,38-,39-,40-,41-,42-,43-,48?,49?,50?,51?,52?,53+,54+,55+,56+,57+,68-,69-,70-,71-,72-,139?,140?,141?,142?,143?/m1/s1. The van der Waals surface area contributed by atoms with Crippen molar-refractivity contribution in [3.63, 3.8) is 0 Å². The molecule has 0 spiro atoms. The Hall–Kier alpha value is -7.70. The van der Waals surface area contributed by atoms with Crippen LogP contribution in [-0.2, 0) is 185 Å². The maximum absolute atomic E-state index is 15.8. The van der Waals surface area contributed by atoms with E-state index in [0.717, 1.165) is 34.3 Å². The Labute approximate surface area is 861 Å². The molecule has 10 aromatic rings. The molecule has 6 aliphatic heterocycles. The van der Waals surface area contributed by atoms with Gasteiger partial charge in [0.05, 0.1) is 137 Å². The summed E-state index contributed by atoms with van der Waals surface area (Å²) in [7, 11) is 6.78. The second kappa shape index (κ2) is 48.5. The van der Waals surface area contributed by atoms with Crippen LogP contribution in [0.3, 0.4) is 0 Å². The third kappa shape index (κ3) is 25.7. The molecule has 6 saturated heterocycles. The Morgan fingerprint density at radius 3 is 1.20 bits per heavy atom. The summed E-state index contributed by atoms with van der Waals surface area (Å²) < 4.78 is 182. The highest BCUT2D eigenvalue weighted by Crippen LogP contribution is 2.57. The van der Waals surface area contributed by atoms with Gasteiger partial charge in [0.2, 0.25) is 11.9 Å². The number of imidazole rings is 4. The molecule has 11 unspecified atom stereocenters. The van der Waals surface area contributed by atoms with Crippen molar-refractivity contribution in [3.8, 4) is 0 Å². The molecule has 0 radical (unpaired) electrons. The lowest BCUT2D eigenvalue weighted by atomic mass is 10.1. The molecule has 62 nitrogen and oxygen atoms in total. The van der Waals surface area contributed by atoms with Crippen molar-refractivity contribution < 1.29 is 150 Å². The highest BCUT2D eigenvalue weighted by Gasteiger charge is 2.57. The van der Waals surface area contributed by atoms with Crippen molar-refractivity contribution in [3.05, 3.63) is 114 Å². The fourth-order valence-electron chi connectivity index (χ4n) is 17.1. The molecule has 6 fully saturated rings. The molecular formula is C76H103N25O37P5S5-5. The van der Waals surface area contributed by atoms with Crippen LogP contribution in [0.15, 0.2) is 74.3 Å². The fraction of sp³-hybridized carbons (Fsp3) is 0.632. The van der Waals surface area contributed by atoms with Gasteiger partial charge in [-0.25, -0.2) is 49.5 Å². The number of aromatic amines is 3. The SMILES string of the molecule is CC[C@H]1O[C@@H](n2cnc3c(N)ncnc32)CC1OP([O-])(=S)OC[C@H]1O[C@@H](n2cnc3c(N)ncnc32)[C@@H](OCCOC)C1OP(=O)([S-])OC[C@H]1O[C@@H](n2cnc3c(=O)[nH]c(N)nc32)[C@@H](OCCOC)C1OP([O-])(=S)OC[C@H]1O[C@@H](n2cc(C)c(=O)[nH]c2=O)[C@@H](OCCOC)C1OP([O-])(=S)OC[C@H]1O[C@@H](n2cnc3c(=O)[nH]c(N)nc32)[C@@H](OCCOC)C1OP([O-])(=S)OC[C@H]1O[C@@H](n2cc(C)c(N)nc2=O)[C@@H](OCCOC)C1O. The number of aliphatic hydroxyl groups is 1. The summed E-state index contributed by atoms with van der Waals surface area (Å²) >= 11 is 28.5. The molecule has 72 heteroatoms. The van der Waals surface area contributed by atoms with E-state index >= 15 is 19.2 Å². The normalized spacial score (nSPS) is 28.9. The lowest BCUT2D eigenvalue weighted by Gasteiger charge is -2.38. The monoisotopic (exact) mass is 2270 g/mol. The number of methoxy groups -OCH3 is 5. The quantitative estimate of drug-likeness (QED) is 0.00996. The molecule has 6 aliphatic rings. The molecule has 0 bridgehead atoms. The zero-order valence-corrected chi connectivity index (χ0v) is 87.9. The lowest BCUT2D eigenvalue weighted by molar-refractivity contribution is -0.223. The van der Waals surface area contributed by atoms with Gasteiger partial charge >= 0.3 is 11.4 Å². The number of hydrogen-bond acceptors (Lipinski definition) is 58. The van der Waals surface area contributed by atoms with E-state index in [9.17, 15) is 34.0 Å². The number of aromatic nitrogens is 20. The Morgan fingerprint density at radius 2 is 0.764 bits per heavy atom. The lowest BCUT2D eigenvalue weighted by Crippen LogP contribution is -2.42. The summed E-state index contributed by atoms with van der Waals surface area (Å²) in [5, 5.41) is 11.8. The number of nitrogen functional groups attached to an aromatic ring is 5. The minimum Gasteiger partial charge on any atom is -0.780 e. The predicted molar refractivity (Wildman–Crippen MR) is 517 cm³/mol. The fourth-order valence-corrected chi connectivity index (χ4v) is 24.3. The Kier molecular flexibility index (Phi) is 37.0. The molecule has 10 aromatic heterocycles. The number of H-pyrrole nitrogens is 3. The van der Waals surface area contributed by atoms with Crippen LogP contribution in [-0.4, -0.2) is 341 Å². The summed E-state index contributed by atoms with van der Waals surface area (Å²) in [5.74, 6) is -0.813. The molecule has 16 heterocycles. The number of anilines is 5. The average Bonchev–Trinajstić information content (AvgIpc) is 1.59. The van der Waals surface area contributed by atoms with Crippen LogP contribution in [0.25, 0.3) is 44.7 Å². The van der Waals surface area contributed by atoms with Crippen molar-refractivity contribution >= 4 is 167 Å². The molecule has 814 valence electrons. The second-order valence-electron chi connectivity index (χ2n) is 33.6. The molecule has 0 amide bonds. The summed E-state index contributed by atoms with van der Waals surface area (Å²) in [5.41, 5.74) is 26.2. The highest BCUT2D eigenvalue weighted by molar-refractivity contribution is 8.32. The summed E-state index contributed by atoms with van der Waals surface area (Å²) in [4.78, 5) is 182. The first-order valence-corrected chi connectivity index (χ1v) is 57.7. The molecule has 0 aliphatic carbocycles. The van der Waals surface area contributed by atoms with Crippen molar-refractivity contribution in [2.75, 3.05) is 163 Å². The van der Waals surface area contributed by atoms with Crippen LogP contribution in [0, 0.1) is 13.8 Å². The number of fused-ring (bicyclic) bond motifs is 4. The Morgan fingerprint density at radius 1 is 0.405 bits per heavy atom. The van der Waals surface area contributed by atoms with Crippen LogP contribution in [0.4, 0.5) is 29.4 Å². The zero-order valence-electron chi connectivity index (χ0n) is 79.3. The van der Waals surface area contributed by atoms with Crippen molar-refractivity contribution in [1.82, 2.24) is 97.2 Å². The third-order valence-electron chi connectivity index (χ3n) is 24.0. The van der Waals surface area contributed by atoms with Crippen molar-refractivity contribution in [1.29, 1.82) is 0 Å². The third-order valence-corrected chi connectivity index (χ3v) is 31.7. The Bertz CT molecular complexity index is 6920. The van der Waals surface area contributed by atoms with Crippen LogP contribution in [0.5, 0.6) is 0 Å². The van der Waals surface area contributed by atoms with E-state index in [2.05, 4.69) is 69.8 Å². The van der Waals surface area contributed by atoms with E-state index in [1.807, 2.05) is 0 Å². The van der Waals surface area contributed by atoms with Gasteiger partial charge in [-0.1, -0.05) is 54.2 Å². The molecule has 28 atom stereocenters. The van der Waals surface area contributed by atoms with Gasteiger partial charge in [0.15, 0.2) is 83.2 Å².